The number of aromatic nitrogens is 2. The molecule has 1 fully saturated rings. The van der Waals surface area contributed by atoms with Crippen LogP contribution in [0, 0.1) is 0 Å². The smallest absolute Gasteiger partial charge is 0.336 e. The largest absolute Gasteiger partial charge is 0.478 e. The molecule has 0 unspecified atom stereocenters. The molecule has 0 amide bonds. The molecule has 4 rings (SSSR count). The number of nitrogens with zero attached hydrogens (tertiary/aromatic N) is 2. The normalized spacial score (nSPS) is 14.3. The van der Waals surface area contributed by atoms with E-state index in [2.05, 4.69) is 16.5 Å². The lowest BCUT2D eigenvalue weighted by molar-refractivity contribution is -0.0495. The van der Waals surface area contributed by atoms with Crippen LogP contribution in [0.3, 0.4) is 0 Å². The molecule has 1 aromatic heterocycles. The van der Waals surface area contributed by atoms with E-state index in [1.165, 1.54) is 0 Å². The van der Waals surface area contributed by atoms with Crippen molar-refractivity contribution in [2.45, 2.75) is 39.0 Å². The maximum atomic E-state index is 11.5. The third-order valence-electron chi connectivity index (χ3n) is 5.40. The summed E-state index contributed by atoms with van der Waals surface area (Å²) in [7, 11) is 0. The zero-order valence-electron chi connectivity index (χ0n) is 17.4. The molecule has 7 heteroatoms. The van der Waals surface area contributed by atoms with Crippen LogP contribution in [-0.4, -0.2) is 33.8 Å². The van der Waals surface area contributed by atoms with Crippen LogP contribution in [0.1, 0.15) is 53.5 Å². The number of rotatable bonds is 8. The number of carboxylic acids is 1. The van der Waals surface area contributed by atoms with Gasteiger partial charge in [0.1, 0.15) is 11.5 Å². The van der Waals surface area contributed by atoms with Crippen LogP contribution in [-0.2, 0) is 22.4 Å². The molecule has 0 saturated carbocycles. The molecule has 0 aliphatic carbocycles. The third kappa shape index (κ3) is 4.66. The first-order chi connectivity index (χ1) is 15.1. The molecule has 3 aromatic rings. The van der Waals surface area contributed by atoms with E-state index >= 15 is 0 Å². The molecule has 1 aliphatic rings. The second-order valence-electron chi connectivity index (χ2n) is 7.51. The summed E-state index contributed by atoms with van der Waals surface area (Å²) in [4.78, 5) is 16.1. The van der Waals surface area contributed by atoms with Crippen molar-refractivity contribution >= 4 is 17.6 Å². The van der Waals surface area contributed by atoms with Crippen LogP contribution in [0.5, 0.6) is 0 Å². The summed E-state index contributed by atoms with van der Waals surface area (Å²) in [6.07, 6.45) is 2.41. The van der Waals surface area contributed by atoms with Gasteiger partial charge in [-0.3, -0.25) is 0 Å². The van der Waals surface area contributed by atoms with Gasteiger partial charge in [-0.1, -0.05) is 67.4 Å². The van der Waals surface area contributed by atoms with Gasteiger partial charge in [0.2, 0.25) is 6.29 Å². The molecule has 1 aliphatic heterocycles. The molecule has 1 saturated heterocycles. The van der Waals surface area contributed by atoms with Crippen molar-refractivity contribution in [3.8, 4) is 11.1 Å². The van der Waals surface area contributed by atoms with Crippen LogP contribution in [0.15, 0.2) is 48.5 Å². The number of hydrogen-bond donors (Lipinski definition) is 1. The van der Waals surface area contributed by atoms with E-state index in [-0.39, 0.29) is 5.56 Å². The molecule has 2 heterocycles. The fraction of sp³-hybridized carbons (Fsp3) is 0.333. The van der Waals surface area contributed by atoms with Crippen molar-refractivity contribution < 1.29 is 19.4 Å². The topological polar surface area (TPSA) is 73.6 Å². The van der Waals surface area contributed by atoms with E-state index in [9.17, 15) is 9.90 Å². The van der Waals surface area contributed by atoms with Crippen LogP contribution in [0.2, 0.25) is 5.15 Å². The fourth-order valence-electron chi connectivity index (χ4n) is 3.82. The van der Waals surface area contributed by atoms with Crippen molar-refractivity contribution in [3.63, 3.8) is 0 Å². The summed E-state index contributed by atoms with van der Waals surface area (Å²) in [6, 6.07) is 14.9. The number of halogens is 1. The van der Waals surface area contributed by atoms with Crippen molar-refractivity contribution in [2.24, 2.45) is 0 Å². The van der Waals surface area contributed by atoms with E-state index in [0.29, 0.717) is 30.5 Å². The molecular weight excluding hydrogens is 416 g/mol. The Balaban J connectivity index is 1.64. The number of imidazole rings is 1. The fourth-order valence-corrected chi connectivity index (χ4v) is 4.11. The van der Waals surface area contributed by atoms with Gasteiger partial charge in [-0.05, 0) is 29.2 Å². The summed E-state index contributed by atoms with van der Waals surface area (Å²) >= 11 is 6.48. The van der Waals surface area contributed by atoms with E-state index < -0.39 is 12.3 Å². The molecule has 0 spiro atoms. The van der Waals surface area contributed by atoms with Gasteiger partial charge < -0.3 is 19.1 Å². The molecule has 162 valence electrons. The van der Waals surface area contributed by atoms with Gasteiger partial charge in [-0.25, -0.2) is 9.78 Å². The van der Waals surface area contributed by atoms with Gasteiger partial charge in [0, 0.05) is 13.0 Å². The van der Waals surface area contributed by atoms with Crippen molar-refractivity contribution in [1.29, 1.82) is 0 Å². The summed E-state index contributed by atoms with van der Waals surface area (Å²) < 4.78 is 13.5. The first kappa shape index (κ1) is 21.6. The molecule has 0 radical (unpaired) electrons. The summed E-state index contributed by atoms with van der Waals surface area (Å²) in [5.41, 5.74) is 3.66. The first-order valence-electron chi connectivity index (χ1n) is 10.5. The minimum absolute atomic E-state index is 0.288. The molecule has 31 heavy (non-hydrogen) atoms. The van der Waals surface area contributed by atoms with E-state index in [1.54, 1.807) is 12.1 Å². The Morgan fingerprint density at radius 2 is 1.87 bits per heavy atom. The molecular formula is C24H25ClN2O4. The highest BCUT2D eigenvalue weighted by Gasteiger charge is 2.28. The second kappa shape index (κ2) is 9.64. The Bertz CT molecular complexity index is 1060. The highest BCUT2D eigenvalue weighted by Crippen LogP contribution is 2.32. The van der Waals surface area contributed by atoms with Crippen LogP contribution in [0.4, 0.5) is 0 Å². The number of carboxylic acid groups (broad SMARTS) is 1. The number of aryl methyl sites for hydroxylation is 1. The molecule has 2 aromatic carbocycles. The zero-order valence-corrected chi connectivity index (χ0v) is 18.1. The lowest BCUT2D eigenvalue weighted by atomic mass is 9.99. The lowest BCUT2D eigenvalue weighted by Gasteiger charge is -2.16. The SMILES string of the molecule is CCCCc1nc(Cl)c(C2OCCO2)n1Cc1ccc(-c2ccccc2C(=O)O)cc1. The van der Waals surface area contributed by atoms with Crippen LogP contribution in [0.25, 0.3) is 11.1 Å². The van der Waals surface area contributed by atoms with Gasteiger partial charge in [0.15, 0.2) is 5.15 Å². The number of benzene rings is 2. The van der Waals surface area contributed by atoms with E-state index in [4.69, 9.17) is 21.1 Å². The predicted octanol–water partition coefficient (Wildman–Crippen LogP) is 5.34. The maximum Gasteiger partial charge on any atom is 0.336 e. The number of aromatic carboxylic acids is 1. The predicted molar refractivity (Wildman–Crippen MR) is 118 cm³/mol. The average Bonchev–Trinajstić information content (AvgIpc) is 3.40. The molecule has 6 nitrogen and oxygen atoms in total. The zero-order chi connectivity index (χ0) is 21.8. The Morgan fingerprint density at radius 3 is 2.55 bits per heavy atom. The Kier molecular flexibility index (Phi) is 6.70. The van der Waals surface area contributed by atoms with Gasteiger partial charge >= 0.3 is 5.97 Å². The van der Waals surface area contributed by atoms with E-state index in [1.807, 2.05) is 36.4 Å². The Labute approximate surface area is 186 Å². The monoisotopic (exact) mass is 440 g/mol. The van der Waals surface area contributed by atoms with Gasteiger partial charge in [-0.2, -0.15) is 0 Å². The quantitative estimate of drug-likeness (QED) is 0.512. The third-order valence-corrected chi connectivity index (χ3v) is 5.68. The maximum absolute atomic E-state index is 11.5. The summed E-state index contributed by atoms with van der Waals surface area (Å²) in [6.45, 7) is 3.80. The minimum atomic E-state index is -0.936. The Hall–Kier alpha value is -2.67. The Morgan fingerprint density at radius 1 is 1.16 bits per heavy atom. The van der Waals surface area contributed by atoms with Crippen LogP contribution >= 0.6 is 11.6 Å². The minimum Gasteiger partial charge on any atom is -0.478 e. The summed E-state index contributed by atoms with van der Waals surface area (Å²) in [5.74, 6) is -0.0178. The molecule has 0 atom stereocenters. The van der Waals surface area contributed by atoms with Crippen molar-refractivity contribution in [2.75, 3.05) is 13.2 Å². The van der Waals surface area contributed by atoms with Crippen LogP contribution < -0.4 is 0 Å². The second-order valence-corrected chi connectivity index (χ2v) is 7.87. The highest BCUT2D eigenvalue weighted by atomic mass is 35.5. The highest BCUT2D eigenvalue weighted by molar-refractivity contribution is 6.30. The standard InChI is InChI=1S/C24H25ClN2O4/c1-2-3-8-20-26-22(25)21(24-30-13-14-31-24)27(20)15-16-9-11-17(12-10-16)18-6-4-5-7-19(18)23(28)29/h4-7,9-12,24H,2-3,8,13-15H2,1H3,(H,28,29). The summed E-state index contributed by atoms with van der Waals surface area (Å²) in [5, 5.41) is 9.89. The lowest BCUT2D eigenvalue weighted by Crippen LogP contribution is -2.13. The number of unbranched alkanes of at least 4 members (excludes halogenated alkanes) is 1. The van der Waals surface area contributed by atoms with E-state index in [0.717, 1.165) is 41.9 Å². The van der Waals surface area contributed by atoms with Crippen molar-refractivity contribution in [1.82, 2.24) is 9.55 Å². The molecule has 0 bridgehead atoms. The van der Waals surface area contributed by atoms with Gasteiger partial charge in [-0.15, -0.1) is 0 Å². The number of carbonyl (C=O) groups is 1. The first-order valence-corrected chi connectivity index (χ1v) is 10.9. The van der Waals surface area contributed by atoms with Gasteiger partial charge in [0.05, 0.1) is 18.8 Å². The van der Waals surface area contributed by atoms with Gasteiger partial charge in [0.25, 0.3) is 0 Å². The molecule has 1 N–H and O–H groups in total. The number of hydrogen-bond acceptors (Lipinski definition) is 4. The number of ether oxygens (including phenoxy) is 2. The van der Waals surface area contributed by atoms with Crippen molar-refractivity contribution in [3.05, 3.63) is 76.3 Å². The average molecular weight is 441 g/mol.